The van der Waals surface area contributed by atoms with E-state index in [1.54, 1.807) is 23.3 Å². The van der Waals surface area contributed by atoms with Crippen LogP contribution in [-0.2, 0) is 16.0 Å². The zero-order chi connectivity index (χ0) is 20.1. The lowest BCUT2D eigenvalue weighted by molar-refractivity contribution is -0.134. The van der Waals surface area contributed by atoms with Crippen molar-refractivity contribution in [3.8, 4) is 11.6 Å². The Morgan fingerprint density at radius 3 is 2.62 bits per heavy atom. The highest BCUT2D eigenvalue weighted by molar-refractivity contribution is 5.92. The molecule has 1 aliphatic heterocycles. The lowest BCUT2D eigenvalue weighted by atomic mass is 9.95. The van der Waals surface area contributed by atoms with Gasteiger partial charge in [0.05, 0.1) is 6.26 Å². The lowest BCUT2D eigenvalue weighted by Crippen LogP contribution is -2.41. The van der Waals surface area contributed by atoms with Crippen molar-refractivity contribution >= 4 is 17.5 Å². The van der Waals surface area contributed by atoms with Crippen molar-refractivity contribution in [3.05, 3.63) is 54.6 Å². The maximum absolute atomic E-state index is 12.5. The first kappa shape index (κ1) is 18.9. The van der Waals surface area contributed by atoms with E-state index in [1.807, 2.05) is 30.3 Å². The minimum absolute atomic E-state index is 0.0135. The van der Waals surface area contributed by atoms with Crippen LogP contribution in [0.15, 0.2) is 57.7 Å². The number of benzene rings is 1. The Kier molecular flexibility index (Phi) is 5.69. The number of hydrogen-bond acceptors (Lipinski definition) is 6. The van der Waals surface area contributed by atoms with Gasteiger partial charge >= 0.3 is 0 Å². The van der Waals surface area contributed by atoms with Gasteiger partial charge in [0.15, 0.2) is 5.76 Å². The van der Waals surface area contributed by atoms with Crippen LogP contribution < -0.4 is 5.32 Å². The quantitative estimate of drug-likeness (QED) is 0.689. The fraction of sp³-hybridized carbons (Fsp3) is 0.333. The molecule has 1 fully saturated rings. The molecule has 8 nitrogen and oxygen atoms in total. The molecule has 0 spiro atoms. The molecule has 0 atom stereocenters. The minimum Gasteiger partial charge on any atom is -0.461 e. The number of piperidine rings is 1. The fourth-order valence-electron chi connectivity index (χ4n) is 3.39. The van der Waals surface area contributed by atoms with Crippen molar-refractivity contribution in [1.29, 1.82) is 0 Å². The number of likely N-dealkylation sites (tertiary alicyclic amines) is 1. The van der Waals surface area contributed by atoms with Crippen molar-refractivity contribution in [2.75, 3.05) is 18.4 Å². The molecule has 0 radical (unpaired) electrons. The number of aromatic nitrogens is 2. The van der Waals surface area contributed by atoms with Crippen LogP contribution in [-0.4, -0.2) is 39.9 Å². The molecule has 2 aromatic heterocycles. The van der Waals surface area contributed by atoms with E-state index >= 15 is 0 Å². The summed E-state index contributed by atoms with van der Waals surface area (Å²) in [6.45, 7) is 1.15. The Hall–Kier alpha value is -3.42. The molecule has 150 valence electrons. The highest BCUT2D eigenvalue weighted by atomic mass is 16.5. The summed E-state index contributed by atoms with van der Waals surface area (Å²) in [7, 11) is 0. The average Bonchev–Trinajstić information content (AvgIpc) is 3.45. The van der Waals surface area contributed by atoms with Crippen LogP contribution in [0.4, 0.5) is 5.69 Å². The van der Waals surface area contributed by atoms with Crippen LogP contribution in [0.25, 0.3) is 11.6 Å². The van der Waals surface area contributed by atoms with Crippen molar-refractivity contribution in [2.24, 2.45) is 5.92 Å². The average molecular weight is 394 g/mol. The van der Waals surface area contributed by atoms with Gasteiger partial charge in [0.25, 0.3) is 0 Å². The number of carbonyl (C=O) groups excluding carboxylic acids is 2. The van der Waals surface area contributed by atoms with E-state index in [9.17, 15) is 9.59 Å². The Morgan fingerprint density at radius 2 is 1.90 bits per heavy atom. The number of hydrogen-bond donors (Lipinski definition) is 1. The molecule has 0 saturated carbocycles. The summed E-state index contributed by atoms with van der Waals surface area (Å²) < 4.78 is 10.4. The Morgan fingerprint density at radius 1 is 1.10 bits per heavy atom. The van der Waals surface area contributed by atoms with Gasteiger partial charge in [-0.2, -0.15) is 4.98 Å². The maximum atomic E-state index is 12.5. The first-order chi connectivity index (χ1) is 14.2. The topological polar surface area (TPSA) is 101 Å². The molecule has 0 bridgehead atoms. The van der Waals surface area contributed by atoms with Crippen molar-refractivity contribution in [1.82, 2.24) is 15.0 Å². The van der Waals surface area contributed by atoms with Gasteiger partial charge in [-0.1, -0.05) is 23.4 Å². The number of amides is 2. The molecule has 1 aromatic carbocycles. The lowest BCUT2D eigenvalue weighted by Gasteiger charge is -2.31. The summed E-state index contributed by atoms with van der Waals surface area (Å²) in [4.78, 5) is 30.9. The Bertz CT molecular complexity index is 944. The molecule has 4 rings (SSSR count). The Balaban J connectivity index is 1.22. The molecule has 1 saturated heterocycles. The second-order valence-corrected chi connectivity index (χ2v) is 7.00. The summed E-state index contributed by atoms with van der Waals surface area (Å²) >= 11 is 0. The molecule has 29 heavy (non-hydrogen) atoms. The maximum Gasteiger partial charge on any atom is 0.238 e. The van der Waals surface area contributed by atoms with Gasteiger partial charge in [-0.25, -0.2) is 0 Å². The van der Waals surface area contributed by atoms with Gasteiger partial charge in [-0.05, 0) is 37.1 Å². The van der Waals surface area contributed by atoms with Crippen molar-refractivity contribution in [2.45, 2.75) is 25.7 Å². The van der Waals surface area contributed by atoms with E-state index in [4.69, 9.17) is 8.94 Å². The standard InChI is InChI=1S/C21H22N4O4/c26-19(9-8-18-23-20(24-29-18)17-7-4-14-28-17)25-12-10-15(11-13-25)21(27)22-16-5-2-1-3-6-16/h1-7,14-15H,8-13H2,(H,22,27). The number of anilines is 1. The third-order valence-corrected chi connectivity index (χ3v) is 5.02. The molecular weight excluding hydrogens is 372 g/mol. The fourth-order valence-corrected chi connectivity index (χ4v) is 3.39. The first-order valence-electron chi connectivity index (χ1n) is 9.69. The smallest absolute Gasteiger partial charge is 0.238 e. The van der Waals surface area contributed by atoms with Gasteiger partial charge in [-0.15, -0.1) is 0 Å². The van der Waals surface area contributed by atoms with E-state index in [0.29, 0.717) is 56.2 Å². The summed E-state index contributed by atoms with van der Waals surface area (Å²) in [5, 5.41) is 6.80. The first-order valence-corrected chi connectivity index (χ1v) is 9.69. The molecule has 8 heteroatoms. The molecular formula is C21H22N4O4. The van der Waals surface area contributed by atoms with Crippen molar-refractivity contribution < 1.29 is 18.5 Å². The molecule has 1 N–H and O–H groups in total. The van der Waals surface area contributed by atoms with Gasteiger partial charge in [-0.3, -0.25) is 9.59 Å². The van der Waals surface area contributed by atoms with Crippen LogP contribution in [0.3, 0.4) is 0 Å². The molecule has 0 unspecified atom stereocenters. The number of furan rings is 1. The van der Waals surface area contributed by atoms with Gasteiger partial charge in [0, 0.05) is 37.5 Å². The van der Waals surface area contributed by atoms with Crippen LogP contribution in [0.2, 0.25) is 0 Å². The summed E-state index contributed by atoms with van der Waals surface area (Å²) in [5.74, 6) is 1.28. The van der Waals surface area contributed by atoms with E-state index in [1.165, 1.54) is 0 Å². The number of para-hydroxylation sites is 1. The van der Waals surface area contributed by atoms with E-state index in [0.717, 1.165) is 5.69 Å². The zero-order valence-electron chi connectivity index (χ0n) is 15.9. The van der Waals surface area contributed by atoms with Crippen LogP contribution >= 0.6 is 0 Å². The second-order valence-electron chi connectivity index (χ2n) is 7.00. The van der Waals surface area contributed by atoms with E-state index < -0.39 is 0 Å². The number of aryl methyl sites for hydroxylation is 1. The molecule has 0 aliphatic carbocycles. The minimum atomic E-state index is -0.0777. The number of nitrogens with one attached hydrogen (secondary N) is 1. The zero-order valence-corrected chi connectivity index (χ0v) is 15.9. The molecule has 3 aromatic rings. The normalized spacial score (nSPS) is 14.7. The van der Waals surface area contributed by atoms with Crippen LogP contribution in [0.1, 0.15) is 25.2 Å². The third kappa shape index (κ3) is 4.71. The van der Waals surface area contributed by atoms with E-state index in [-0.39, 0.29) is 17.7 Å². The summed E-state index contributed by atoms with van der Waals surface area (Å²) in [6.07, 6.45) is 3.53. The third-order valence-electron chi connectivity index (χ3n) is 5.02. The summed E-state index contributed by atoms with van der Waals surface area (Å²) in [5.41, 5.74) is 0.796. The predicted molar refractivity (Wildman–Crippen MR) is 105 cm³/mol. The van der Waals surface area contributed by atoms with Gasteiger partial charge in [0.1, 0.15) is 0 Å². The monoisotopic (exact) mass is 394 g/mol. The molecule has 1 aliphatic rings. The van der Waals surface area contributed by atoms with Gasteiger partial charge in [0.2, 0.25) is 23.5 Å². The predicted octanol–water partition coefficient (Wildman–Crippen LogP) is 3.14. The highest BCUT2D eigenvalue weighted by Crippen LogP contribution is 2.21. The summed E-state index contributed by atoms with van der Waals surface area (Å²) in [6, 6.07) is 12.9. The number of carbonyl (C=O) groups is 2. The van der Waals surface area contributed by atoms with Gasteiger partial charge < -0.3 is 19.2 Å². The SMILES string of the molecule is O=C(Nc1ccccc1)C1CCN(C(=O)CCc2nc(-c3ccco3)no2)CC1. The number of nitrogens with zero attached hydrogens (tertiary/aromatic N) is 3. The largest absolute Gasteiger partial charge is 0.461 e. The van der Waals surface area contributed by atoms with Crippen molar-refractivity contribution in [3.63, 3.8) is 0 Å². The van der Waals surface area contributed by atoms with E-state index in [2.05, 4.69) is 15.5 Å². The van der Waals surface area contributed by atoms with Crippen LogP contribution in [0.5, 0.6) is 0 Å². The molecule has 2 amide bonds. The van der Waals surface area contributed by atoms with Crippen LogP contribution in [0, 0.1) is 5.92 Å². The number of rotatable bonds is 6. The molecule has 3 heterocycles. The Labute approximate surface area is 167 Å². The second kappa shape index (κ2) is 8.72. The highest BCUT2D eigenvalue weighted by Gasteiger charge is 2.27.